The summed E-state index contributed by atoms with van der Waals surface area (Å²) < 4.78 is 12.7. The number of para-hydroxylation sites is 1. The average Bonchev–Trinajstić information content (AvgIpc) is 3.60. The van der Waals surface area contributed by atoms with E-state index in [1.165, 1.54) is 21.5 Å². The molecule has 0 bridgehead atoms. The molecule has 0 fully saturated rings. The minimum absolute atomic E-state index is 0.683. The van der Waals surface area contributed by atoms with Gasteiger partial charge in [0.2, 0.25) is 0 Å². The van der Waals surface area contributed by atoms with Gasteiger partial charge in [0.1, 0.15) is 22.4 Å². The normalized spacial score (nSPS) is 12.9. The minimum Gasteiger partial charge on any atom is -0.459 e. The second-order valence-electron chi connectivity index (χ2n) is 10.5. The SMILES string of the molecule is C1=Cc2c(oc3ccc(N(c4ccc5c(ccc6ccccc65)c4)c4ccnc5c4oc4ccccc45)cc23)CN1. The van der Waals surface area contributed by atoms with Gasteiger partial charge in [-0.25, -0.2) is 0 Å². The fraction of sp³-hybridized carbons (Fsp3) is 0.0278. The van der Waals surface area contributed by atoms with Crippen LogP contribution in [-0.4, -0.2) is 4.98 Å². The van der Waals surface area contributed by atoms with Crippen molar-refractivity contribution >= 4 is 77.7 Å². The number of nitrogens with zero attached hydrogens (tertiary/aromatic N) is 2. The van der Waals surface area contributed by atoms with E-state index in [4.69, 9.17) is 13.8 Å². The Morgan fingerprint density at radius 1 is 0.659 bits per heavy atom. The van der Waals surface area contributed by atoms with Crippen LogP contribution in [0.5, 0.6) is 0 Å². The van der Waals surface area contributed by atoms with Crippen LogP contribution in [0, 0.1) is 0 Å². The number of benzene rings is 5. The Labute approximate surface area is 234 Å². The van der Waals surface area contributed by atoms with Crippen molar-refractivity contribution < 1.29 is 8.83 Å². The summed E-state index contributed by atoms with van der Waals surface area (Å²) in [7, 11) is 0. The van der Waals surface area contributed by atoms with E-state index in [0.717, 1.165) is 61.4 Å². The Morgan fingerprint density at radius 3 is 2.41 bits per heavy atom. The van der Waals surface area contributed by atoms with Crippen LogP contribution in [0.1, 0.15) is 11.3 Å². The van der Waals surface area contributed by atoms with Gasteiger partial charge in [-0.3, -0.25) is 4.98 Å². The zero-order chi connectivity index (χ0) is 26.9. The molecule has 1 aliphatic heterocycles. The molecule has 41 heavy (non-hydrogen) atoms. The summed E-state index contributed by atoms with van der Waals surface area (Å²) in [6, 6.07) is 36.1. The lowest BCUT2D eigenvalue weighted by Gasteiger charge is -2.26. The van der Waals surface area contributed by atoms with Gasteiger partial charge in [0, 0.05) is 33.9 Å². The van der Waals surface area contributed by atoms with Gasteiger partial charge >= 0.3 is 0 Å². The molecule has 1 aliphatic rings. The molecule has 5 nitrogen and oxygen atoms in total. The number of rotatable bonds is 3. The molecule has 5 aromatic carbocycles. The summed E-state index contributed by atoms with van der Waals surface area (Å²) in [5.74, 6) is 0.951. The Hall–Kier alpha value is -5.55. The fourth-order valence-corrected chi connectivity index (χ4v) is 6.24. The maximum absolute atomic E-state index is 6.47. The predicted molar refractivity (Wildman–Crippen MR) is 167 cm³/mol. The molecule has 3 aromatic heterocycles. The molecule has 0 radical (unpaired) electrons. The van der Waals surface area contributed by atoms with Gasteiger partial charge in [0.15, 0.2) is 5.58 Å². The Kier molecular flexibility index (Phi) is 4.61. The molecule has 0 aliphatic carbocycles. The van der Waals surface area contributed by atoms with E-state index in [1.54, 1.807) is 0 Å². The Bertz CT molecular complexity index is 2340. The summed E-state index contributed by atoms with van der Waals surface area (Å²) in [4.78, 5) is 7.00. The predicted octanol–water partition coefficient (Wildman–Crippen LogP) is 9.58. The quantitative estimate of drug-likeness (QED) is 0.231. The topological polar surface area (TPSA) is 54.4 Å². The minimum atomic E-state index is 0.683. The van der Waals surface area contributed by atoms with E-state index >= 15 is 0 Å². The smallest absolute Gasteiger partial charge is 0.177 e. The molecule has 8 aromatic rings. The third-order valence-electron chi connectivity index (χ3n) is 8.14. The van der Waals surface area contributed by atoms with Crippen molar-refractivity contribution in [3.05, 3.63) is 127 Å². The second kappa shape index (κ2) is 8.47. The lowest BCUT2D eigenvalue weighted by Crippen LogP contribution is -2.10. The third-order valence-corrected chi connectivity index (χ3v) is 8.14. The van der Waals surface area contributed by atoms with Gasteiger partial charge in [-0.2, -0.15) is 0 Å². The monoisotopic (exact) mass is 529 g/mol. The van der Waals surface area contributed by atoms with E-state index in [1.807, 2.05) is 36.7 Å². The van der Waals surface area contributed by atoms with Crippen LogP contribution in [0.3, 0.4) is 0 Å². The average molecular weight is 530 g/mol. The molecule has 0 spiro atoms. The first kappa shape index (κ1) is 22.3. The standard InChI is InChI=1S/C36H23N3O2/c1-2-6-26-22(5-1)9-10-23-19-24(11-13-27(23)26)39(25-12-14-33-30(20-25)28-15-17-37-21-34(28)40-33)31-16-18-38-35-29-7-3-4-8-32(29)41-36(31)35/h1-20,37H,21H2. The number of hydrogen-bond acceptors (Lipinski definition) is 5. The molecule has 0 saturated heterocycles. The third kappa shape index (κ3) is 3.33. The van der Waals surface area contributed by atoms with Crippen LogP contribution in [0.2, 0.25) is 0 Å². The molecule has 0 unspecified atom stereocenters. The van der Waals surface area contributed by atoms with E-state index in [2.05, 4.69) is 95.2 Å². The number of anilines is 3. The molecule has 5 heteroatoms. The van der Waals surface area contributed by atoms with Gasteiger partial charge in [0.05, 0.1) is 12.2 Å². The van der Waals surface area contributed by atoms with E-state index < -0.39 is 0 Å². The van der Waals surface area contributed by atoms with Crippen molar-refractivity contribution in [3.8, 4) is 0 Å². The number of aromatic nitrogens is 1. The largest absolute Gasteiger partial charge is 0.459 e. The number of pyridine rings is 1. The fourth-order valence-electron chi connectivity index (χ4n) is 6.24. The summed E-state index contributed by atoms with van der Waals surface area (Å²) in [6.07, 6.45) is 5.94. The number of fused-ring (bicyclic) bond motifs is 9. The van der Waals surface area contributed by atoms with Gasteiger partial charge in [-0.15, -0.1) is 0 Å². The molecule has 0 atom stereocenters. The zero-order valence-electron chi connectivity index (χ0n) is 22.0. The van der Waals surface area contributed by atoms with Crippen LogP contribution in [-0.2, 0) is 6.54 Å². The number of nitrogens with one attached hydrogen (secondary N) is 1. The van der Waals surface area contributed by atoms with Crippen molar-refractivity contribution in [2.75, 3.05) is 4.90 Å². The number of hydrogen-bond donors (Lipinski definition) is 1. The first-order valence-electron chi connectivity index (χ1n) is 13.8. The van der Waals surface area contributed by atoms with Crippen molar-refractivity contribution in [2.24, 2.45) is 0 Å². The molecule has 0 amide bonds. The molecular weight excluding hydrogens is 506 g/mol. The first-order valence-corrected chi connectivity index (χ1v) is 13.8. The molecule has 0 saturated carbocycles. The molecule has 1 N–H and O–H groups in total. The molecule has 9 rings (SSSR count). The van der Waals surface area contributed by atoms with E-state index in [9.17, 15) is 0 Å². The van der Waals surface area contributed by atoms with Gasteiger partial charge in [0.25, 0.3) is 0 Å². The van der Waals surface area contributed by atoms with Crippen LogP contribution in [0.15, 0.2) is 124 Å². The van der Waals surface area contributed by atoms with E-state index in [0.29, 0.717) is 6.54 Å². The highest BCUT2D eigenvalue weighted by Gasteiger charge is 2.22. The molecule has 194 valence electrons. The van der Waals surface area contributed by atoms with Crippen LogP contribution in [0.4, 0.5) is 17.1 Å². The summed E-state index contributed by atoms with van der Waals surface area (Å²) in [5, 5.41) is 10.2. The Balaban J connectivity index is 1.32. The molecule has 4 heterocycles. The van der Waals surface area contributed by atoms with Crippen molar-refractivity contribution in [3.63, 3.8) is 0 Å². The lowest BCUT2D eigenvalue weighted by atomic mass is 10.0. The van der Waals surface area contributed by atoms with Crippen molar-refractivity contribution in [1.82, 2.24) is 10.3 Å². The van der Waals surface area contributed by atoms with Gasteiger partial charge < -0.3 is 19.1 Å². The van der Waals surface area contributed by atoms with Crippen LogP contribution in [0.25, 0.3) is 60.7 Å². The highest BCUT2D eigenvalue weighted by molar-refractivity contribution is 6.11. The van der Waals surface area contributed by atoms with E-state index in [-0.39, 0.29) is 0 Å². The molecular formula is C36H23N3O2. The maximum Gasteiger partial charge on any atom is 0.177 e. The Morgan fingerprint density at radius 2 is 1.44 bits per heavy atom. The summed E-state index contributed by atoms with van der Waals surface area (Å²) in [6.45, 7) is 0.683. The second-order valence-corrected chi connectivity index (χ2v) is 10.5. The maximum atomic E-state index is 6.47. The zero-order valence-corrected chi connectivity index (χ0v) is 22.0. The highest BCUT2D eigenvalue weighted by atomic mass is 16.3. The van der Waals surface area contributed by atoms with Crippen molar-refractivity contribution in [2.45, 2.75) is 6.54 Å². The van der Waals surface area contributed by atoms with Crippen LogP contribution >= 0.6 is 0 Å². The highest BCUT2D eigenvalue weighted by Crippen LogP contribution is 2.44. The summed E-state index contributed by atoms with van der Waals surface area (Å²) in [5.41, 5.74) is 7.41. The summed E-state index contributed by atoms with van der Waals surface area (Å²) >= 11 is 0. The van der Waals surface area contributed by atoms with Crippen molar-refractivity contribution in [1.29, 1.82) is 0 Å². The van der Waals surface area contributed by atoms with Crippen LogP contribution < -0.4 is 10.2 Å². The van der Waals surface area contributed by atoms with Gasteiger partial charge in [-0.1, -0.05) is 54.6 Å². The lowest BCUT2D eigenvalue weighted by molar-refractivity contribution is 0.532. The first-order chi connectivity index (χ1) is 20.3. The van der Waals surface area contributed by atoms with Gasteiger partial charge in [-0.05, 0) is 82.4 Å². The number of furan rings is 2.